The van der Waals surface area contributed by atoms with Crippen LogP contribution in [-0.2, 0) is 0 Å². The number of pyridine rings is 2. The fourth-order valence-corrected chi connectivity index (χ4v) is 4.39. The van der Waals surface area contributed by atoms with Crippen LogP contribution in [0.2, 0.25) is 0 Å². The second-order valence-electron chi connectivity index (χ2n) is 8.16. The van der Waals surface area contributed by atoms with Gasteiger partial charge in [0.15, 0.2) is 5.65 Å². The lowest BCUT2D eigenvalue weighted by atomic mass is 9.98. The first-order chi connectivity index (χ1) is 16.0. The standard InChI is InChI=1S/C24H22FN7O/c1-13-18(10-26)23(17-5-4-16(33)9-19(17)25)29-24-21(13)22(30-31-24)14-3-6-20(28-11-14)32-8-7-15(12-32)27-2/h3-6,9,11,15,27,33H,7-8,12H2,1-2H3,(H,29,30,31). The third-order valence-electron chi connectivity index (χ3n) is 6.23. The molecule has 0 amide bonds. The van der Waals surface area contributed by atoms with Gasteiger partial charge in [-0.05, 0) is 50.2 Å². The minimum atomic E-state index is -0.657. The molecule has 1 saturated heterocycles. The van der Waals surface area contributed by atoms with E-state index in [0.717, 1.165) is 37.0 Å². The molecule has 1 atom stereocenters. The maximum absolute atomic E-state index is 14.5. The van der Waals surface area contributed by atoms with Crippen LogP contribution >= 0.6 is 0 Å². The average Bonchev–Trinajstić information content (AvgIpc) is 3.47. The zero-order chi connectivity index (χ0) is 23.1. The van der Waals surface area contributed by atoms with Crippen molar-refractivity contribution in [2.45, 2.75) is 19.4 Å². The molecule has 1 fully saturated rings. The van der Waals surface area contributed by atoms with Gasteiger partial charge in [0.2, 0.25) is 0 Å². The number of rotatable bonds is 4. The normalized spacial score (nSPS) is 15.8. The van der Waals surface area contributed by atoms with Crippen LogP contribution in [0.5, 0.6) is 5.75 Å². The molecule has 166 valence electrons. The van der Waals surface area contributed by atoms with Crippen LogP contribution in [0.25, 0.3) is 33.5 Å². The van der Waals surface area contributed by atoms with Crippen molar-refractivity contribution in [2.24, 2.45) is 0 Å². The fraction of sp³-hybridized carbons (Fsp3) is 0.250. The van der Waals surface area contributed by atoms with Gasteiger partial charge in [0.1, 0.15) is 23.5 Å². The Labute approximate surface area is 189 Å². The number of aromatic nitrogens is 4. The summed E-state index contributed by atoms with van der Waals surface area (Å²) < 4.78 is 14.5. The zero-order valence-electron chi connectivity index (χ0n) is 18.2. The van der Waals surface area contributed by atoms with Crippen molar-refractivity contribution in [3.8, 4) is 34.3 Å². The predicted octanol–water partition coefficient (Wildman–Crippen LogP) is 3.51. The molecule has 9 heteroatoms. The Morgan fingerprint density at radius 3 is 2.82 bits per heavy atom. The van der Waals surface area contributed by atoms with Gasteiger partial charge in [0.25, 0.3) is 0 Å². The predicted molar refractivity (Wildman–Crippen MR) is 123 cm³/mol. The fourth-order valence-electron chi connectivity index (χ4n) is 4.39. The second-order valence-corrected chi connectivity index (χ2v) is 8.16. The number of hydrogen-bond acceptors (Lipinski definition) is 7. The minimum Gasteiger partial charge on any atom is -0.508 e. The lowest BCUT2D eigenvalue weighted by molar-refractivity contribution is 0.469. The molecule has 4 heterocycles. The van der Waals surface area contributed by atoms with Crippen molar-refractivity contribution in [3.63, 3.8) is 0 Å². The Morgan fingerprint density at radius 1 is 1.30 bits per heavy atom. The topological polar surface area (TPSA) is 114 Å². The molecule has 1 aliphatic heterocycles. The summed E-state index contributed by atoms with van der Waals surface area (Å²) in [6.45, 7) is 3.67. The highest BCUT2D eigenvalue weighted by Crippen LogP contribution is 2.35. The van der Waals surface area contributed by atoms with Gasteiger partial charge in [0.05, 0.1) is 22.3 Å². The van der Waals surface area contributed by atoms with E-state index in [2.05, 4.69) is 36.5 Å². The minimum absolute atomic E-state index is 0.135. The van der Waals surface area contributed by atoms with Crippen molar-refractivity contribution >= 4 is 16.9 Å². The lowest BCUT2D eigenvalue weighted by Crippen LogP contribution is -2.29. The van der Waals surface area contributed by atoms with E-state index in [0.29, 0.717) is 28.3 Å². The van der Waals surface area contributed by atoms with Gasteiger partial charge in [-0.15, -0.1) is 0 Å². The third kappa shape index (κ3) is 3.54. The summed E-state index contributed by atoms with van der Waals surface area (Å²) in [5.74, 6) is 0.0645. The van der Waals surface area contributed by atoms with E-state index < -0.39 is 5.82 Å². The Kier molecular flexibility index (Phi) is 5.15. The monoisotopic (exact) mass is 443 g/mol. The smallest absolute Gasteiger partial charge is 0.182 e. The number of halogens is 1. The second kappa shape index (κ2) is 8.15. The number of phenols is 1. The van der Waals surface area contributed by atoms with Crippen LogP contribution in [0.1, 0.15) is 17.5 Å². The molecule has 3 aromatic heterocycles. The molecular formula is C24H22FN7O. The molecule has 0 aliphatic carbocycles. The number of benzene rings is 1. The lowest BCUT2D eigenvalue weighted by Gasteiger charge is -2.17. The van der Waals surface area contributed by atoms with Crippen LogP contribution in [0.15, 0.2) is 36.5 Å². The average molecular weight is 443 g/mol. The Morgan fingerprint density at radius 2 is 2.15 bits per heavy atom. The maximum Gasteiger partial charge on any atom is 0.182 e. The summed E-state index contributed by atoms with van der Waals surface area (Å²) >= 11 is 0. The molecule has 0 radical (unpaired) electrons. The van der Waals surface area contributed by atoms with Crippen LogP contribution in [0.4, 0.5) is 10.2 Å². The van der Waals surface area contributed by atoms with E-state index in [9.17, 15) is 14.8 Å². The zero-order valence-corrected chi connectivity index (χ0v) is 18.2. The van der Waals surface area contributed by atoms with Crippen molar-refractivity contribution in [1.29, 1.82) is 5.26 Å². The molecule has 0 spiro atoms. The molecule has 3 N–H and O–H groups in total. The Hall–Kier alpha value is -4.03. The van der Waals surface area contributed by atoms with Gasteiger partial charge in [-0.1, -0.05) is 0 Å². The molecule has 4 aromatic rings. The molecule has 8 nitrogen and oxygen atoms in total. The molecule has 0 bridgehead atoms. The number of hydrogen-bond donors (Lipinski definition) is 3. The molecule has 1 aromatic carbocycles. The number of aromatic amines is 1. The number of aryl methyl sites for hydroxylation is 1. The molecular weight excluding hydrogens is 421 g/mol. The number of anilines is 1. The Balaban J connectivity index is 1.56. The van der Waals surface area contributed by atoms with Gasteiger partial charge >= 0.3 is 0 Å². The van der Waals surface area contributed by atoms with E-state index in [1.807, 2.05) is 19.2 Å². The number of likely N-dealkylation sites (N-methyl/N-ethyl adjacent to an activating group) is 1. The molecule has 0 saturated carbocycles. The van der Waals surface area contributed by atoms with E-state index in [1.165, 1.54) is 12.1 Å². The number of phenolic OH excluding ortho intramolecular Hbond substituents is 1. The van der Waals surface area contributed by atoms with Crippen LogP contribution in [-0.4, -0.2) is 51.5 Å². The van der Waals surface area contributed by atoms with Gasteiger partial charge in [-0.2, -0.15) is 10.4 Å². The quantitative estimate of drug-likeness (QED) is 0.442. The van der Waals surface area contributed by atoms with E-state index in [4.69, 9.17) is 0 Å². The molecule has 5 rings (SSSR count). The highest BCUT2D eigenvalue weighted by Gasteiger charge is 2.23. The molecule has 1 unspecified atom stereocenters. The van der Waals surface area contributed by atoms with Crippen molar-refractivity contribution in [2.75, 3.05) is 25.0 Å². The third-order valence-corrected chi connectivity index (χ3v) is 6.23. The van der Waals surface area contributed by atoms with E-state index >= 15 is 0 Å². The summed E-state index contributed by atoms with van der Waals surface area (Å²) in [6.07, 6.45) is 2.87. The van der Waals surface area contributed by atoms with Gasteiger partial charge in [-0.25, -0.2) is 14.4 Å². The molecule has 33 heavy (non-hydrogen) atoms. The summed E-state index contributed by atoms with van der Waals surface area (Å²) in [7, 11) is 1.97. The van der Waals surface area contributed by atoms with E-state index in [1.54, 1.807) is 13.1 Å². The first-order valence-electron chi connectivity index (χ1n) is 10.7. The SMILES string of the molecule is CNC1CCN(c2ccc(-c3[nH]nc4nc(-c5ccc(O)cc5F)c(C#N)c(C)c34)cn2)C1. The summed E-state index contributed by atoms with van der Waals surface area (Å²) in [5, 5.41) is 30.7. The summed E-state index contributed by atoms with van der Waals surface area (Å²) in [4.78, 5) is 11.4. The Bertz CT molecular complexity index is 1390. The maximum atomic E-state index is 14.5. The van der Waals surface area contributed by atoms with Crippen molar-refractivity contribution in [3.05, 3.63) is 53.5 Å². The first-order valence-corrected chi connectivity index (χ1v) is 10.7. The number of nitrogens with zero attached hydrogens (tertiary/aromatic N) is 5. The van der Waals surface area contributed by atoms with Gasteiger partial charge < -0.3 is 15.3 Å². The molecule has 1 aliphatic rings. The van der Waals surface area contributed by atoms with Crippen LogP contribution < -0.4 is 10.2 Å². The van der Waals surface area contributed by atoms with Crippen molar-refractivity contribution < 1.29 is 9.50 Å². The first kappa shape index (κ1) is 20.8. The number of H-pyrrole nitrogens is 1. The van der Waals surface area contributed by atoms with Crippen LogP contribution in [0, 0.1) is 24.1 Å². The summed E-state index contributed by atoms with van der Waals surface area (Å²) in [6, 6.07) is 10.4. The number of nitriles is 1. The summed E-state index contributed by atoms with van der Waals surface area (Å²) in [5.41, 5.74) is 3.14. The van der Waals surface area contributed by atoms with Crippen LogP contribution in [0.3, 0.4) is 0 Å². The number of nitrogens with one attached hydrogen (secondary N) is 2. The number of fused-ring (bicyclic) bond motifs is 1. The highest BCUT2D eigenvalue weighted by molar-refractivity contribution is 5.96. The number of aromatic hydroxyl groups is 1. The van der Waals surface area contributed by atoms with Gasteiger partial charge in [0, 0.05) is 42.5 Å². The van der Waals surface area contributed by atoms with Gasteiger partial charge in [-0.3, -0.25) is 5.10 Å². The van der Waals surface area contributed by atoms with E-state index in [-0.39, 0.29) is 22.6 Å². The highest BCUT2D eigenvalue weighted by atomic mass is 19.1. The van der Waals surface area contributed by atoms with Crippen molar-refractivity contribution in [1.82, 2.24) is 25.5 Å². The largest absolute Gasteiger partial charge is 0.508 e.